The zero-order valence-electron chi connectivity index (χ0n) is 11.7. The molecule has 1 aromatic carbocycles. The maximum atomic E-state index is 12.0. The first kappa shape index (κ1) is 15.3. The SMILES string of the molecule is CCOc1cc(N)cc(C(=O)NCC(C)(C)CO)c1. The van der Waals surface area contributed by atoms with Gasteiger partial charge in [0.05, 0.1) is 6.61 Å². The number of ether oxygens (including phenoxy) is 1. The Bertz CT molecular complexity index is 444. The number of carbonyl (C=O) groups is 1. The number of nitrogen functional groups attached to an aromatic ring is 1. The van der Waals surface area contributed by atoms with Crippen LogP contribution < -0.4 is 15.8 Å². The van der Waals surface area contributed by atoms with Crippen molar-refractivity contribution in [1.29, 1.82) is 0 Å². The van der Waals surface area contributed by atoms with Gasteiger partial charge in [-0.15, -0.1) is 0 Å². The largest absolute Gasteiger partial charge is 0.494 e. The van der Waals surface area contributed by atoms with E-state index >= 15 is 0 Å². The van der Waals surface area contributed by atoms with Gasteiger partial charge in [0.2, 0.25) is 0 Å². The molecule has 5 heteroatoms. The molecule has 1 aromatic rings. The molecule has 0 spiro atoms. The fourth-order valence-corrected chi connectivity index (χ4v) is 1.48. The highest BCUT2D eigenvalue weighted by molar-refractivity contribution is 5.95. The van der Waals surface area contributed by atoms with Crippen molar-refractivity contribution in [3.8, 4) is 5.75 Å². The first-order chi connectivity index (χ1) is 8.88. The van der Waals surface area contributed by atoms with E-state index < -0.39 is 0 Å². The molecule has 0 saturated heterocycles. The van der Waals surface area contributed by atoms with Crippen LogP contribution in [0, 0.1) is 5.41 Å². The van der Waals surface area contributed by atoms with Gasteiger partial charge in [-0.2, -0.15) is 0 Å². The van der Waals surface area contributed by atoms with Crippen LogP contribution in [0.5, 0.6) is 5.75 Å². The van der Waals surface area contributed by atoms with Crippen LogP contribution in [0.25, 0.3) is 0 Å². The van der Waals surface area contributed by atoms with E-state index in [1.54, 1.807) is 18.2 Å². The monoisotopic (exact) mass is 266 g/mol. The van der Waals surface area contributed by atoms with Crippen LogP contribution in [0.3, 0.4) is 0 Å². The molecule has 0 atom stereocenters. The molecule has 106 valence electrons. The van der Waals surface area contributed by atoms with Crippen molar-refractivity contribution >= 4 is 11.6 Å². The van der Waals surface area contributed by atoms with Gasteiger partial charge >= 0.3 is 0 Å². The van der Waals surface area contributed by atoms with Crippen molar-refractivity contribution in [1.82, 2.24) is 5.32 Å². The molecular formula is C14H22N2O3. The summed E-state index contributed by atoms with van der Waals surface area (Å²) in [6.07, 6.45) is 0. The number of hydrogen-bond donors (Lipinski definition) is 3. The van der Waals surface area contributed by atoms with Crippen LogP contribution in [0.15, 0.2) is 18.2 Å². The molecule has 0 aliphatic heterocycles. The number of nitrogens with two attached hydrogens (primary N) is 1. The molecule has 0 heterocycles. The predicted octanol–water partition coefficient (Wildman–Crippen LogP) is 1.42. The molecule has 0 fully saturated rings. The van der Waals surface area contributed by atoms with E-state index in [4.69, 9.17) is 15.6 Å². The van der Waals surface area contributed by atoms with E-state index in [9.17, 15) is 4.79 Å². The van der Waals surface area contributed by atoms with Gasteiger partial charge in [0.25, 0.3) is 5.91 Å². The lowest BCUT2D eigenvalue weighted by Gasteiger charge is -2.21. The van der Waals surface area contributed by atoms with E-state index in [0.717, 1.165) is 0 Å². The van der Waals surface area contributed by atoms with Gasteiger partial charge in [-0.05, 0) is 19.1 Å². The number of benzene rings is 1. The molecular weight excluding hydrogens is 244 g/mol. The standard InChI is InChI=1S/C14H22N2O3/c1-4-19-12-6-10(5-11(15)7-12)13(18)16-8-14(2,3)9-17/h5-7,17H,4,8-9,15H2,1-3H3,(H,16,18). The first-order valence-electron chi connectivity index (χ1n) is 6.30. The molecule has 0 aliphatic rings. The molecule has 0 radical (unpaired) electrons. The predicted molar refractivity (Wildman–Crippen MR) is 75.2 cm³/mol. The average Bonchev–Trinajstić information content (AvgIpc) is 2.36. The fourth-order valence-electron chi connectivity index (χ4n) is 1.48. The maximum Gasteiger partial charge on any atom is 0.251 e. The lowest BCUT2D eigenvalue weighted by molar-refractivity contribution is 0.0910. The Labute approximate surface area is 113 Å². The molecule has 4 N–H and O–H groups in total. The molecule has 0 unspecified atom stereocenters. The molecule has 1 amide bonds. The van der Waals surface area contributed by atoms with Gasteiger partial charge in [0, 0.05) is 35.9 Å². The van der Waals surface area contributed by atoms with Gasteiger partial charge in [0.15, 0.2) is 0 Å². The number of nitrogens with one attached hydrogen (secondary N) is 1. The van der Waals surface area contributed by atoms with E-state index in [1.165, 1.54) is 0 Å². The van der Waals surface area contributed by atoms with E-state index in [0.29, 0.717) is 30.2 Å². The number of aliphatic hydroxyl groups is 1. The van der Waals surface area contributed by atoms with Gasteiger partial charge in [-0.3, -0.25) is 4.79 Å². The van der Waals surface area contributed by atoms with Crippen LogP contribution in [0.2, 0.25) is 0 Å². The Morgan fingerprint density at radius 3 is 2.68 bits per heavy atom. The summed E-state index contributed by atoms with van der Waals surface area (Å²) in [4.78, 5) is 12.0. The summed E-state index contributed by atoms with van der Waals surface area (Å²) in [7, 11) is 0. The topological polar surface area (TPSA) is 84.6 Å². The Morgan fingerprint density at radius 1 is 1.42 bits per heavy atom. The first-order valence-corrected chi connectivity index (χ1v) is 6.30. The normalized spacial score (nSPS) is 11.2. The number of hydrogen-bond acceptors (Lipinski definition) is 4. The quantitative estimate of drug-likeness (QED) is 0.680. The third-order valence-electron chi connectivity index (χ3n) is 2.66. The second-order valence-corrected chi connectivity index (χ2v) is 5.23. The third kappa shape index (κ3) is 4.79. The van der Waals surface area contributed by atoms with Crippen LogP contribution in [0.1, 0.15) is 31.1 Å². The molecule has 0 aromatic heterocycles. The lowest BCUT2D eigenvalue weighted by atomic mass is 9.95. The van der Waals surface area contributed by atoms with Crippen molar-refractivity contribution in [3.63, 3.8) is 0 Å². The van der Waals surface area contributed by atoms with Gasteiger partial charge < -0.3 is 20.9 Å². The summed E-state index contributed by atoms with van der Waals surface area (Å²) < 4.78 is 5.34. The average molecular weight is 266 g/mol. The van der Waals surface area contributed by atoms with Crippen LogP contribution in [-0.4, -0.2) is 30.8 Å². The van der Waals surface area contributed by atoms with Crippen LogP contribution >= 0.6 is 0 Å². The summed E-state index contributed by atoms with van der Waals surface area (Å²) in [5.41, 5.74) is 6.33. The van der Waals surface area contributed by atoms with Crippen LogP contribution in [0.4, 0.5) is 5.69 Å². The van der Waals surface area contributed by atoms with Gasteiger partial charge in [0.1, 0.15) is 5.75 Å². The minimum Gasteiger partial charge on any atom is -0.494 e. The second-order valence-electron chi connectivity index (χ2n) is 5.23. The van der Waals surface area contributed by atoms with Crippen molar-refractivity contribution in [2.45, 2.75) is 20.8 Å². The molecule has 0 aliphatic carbocycles. The number of aliphatic hydroxyl groups excluding tert-OH is 1. The Hall–Kier alpha value is -1.75. The zero-order chi connectivity index (χ0) is 14.5. The Kier molecular flexibility index (Phi) is 5.18. The summed E-state index contributed by atoms with van der Waals surface area (Å²) in [5, 5.41) is 11.9. The number of anilines is 1. The lowest BCUT2D eigenvalue weighted by Crippen LogP contribution is -2.36. The van der Waals surface area contributed by atoms with Crippen molar-refractivity contribution in [2.24, 2.45) is 5.41 Å². The van der Waals surface area contributed by atoms with Gasteiger partial charge in [-0.25, -0.2) is 0 Å². The van der Waals surface area contributed by atoms with E-state index in [1.807, 2.05) is 20.8 Å². The highest BCUT2D eigenvalue weighted by Crippen LogP contribution is 2.19. The van der Waals surface area contributed by atoms with E-state index in [-0.39, 0.29) is 17.9 Å². The van der Waals surface area contributed by atoms with Gasteiger partial charge in [-0.1, -0.05) is 13.8 Å². The maximum absolute atomic E-state index is 12.0. The highest BCUT2D eigenvalue weighted by Gasteiger charge is 2.18. The molecule has 19 heavy (non-hydrogen) atoms. The second kappa shape index (κ2) is 6.43. The summed E-state index contributed by atoms with van der Waals surface area (Å²) in [6, 6.07) is 4.93. The Morgan fingerprint density at radius 2 is 2.11 bits per heavy atom. The third-order valence-corrected chi connectivity index (χ3v) is 2.66. The highest BCUT2D eigenvalue weighted by atomic mass is 16.5. The summed E-state index contributed by atoms with van der Waals surface area (Å²) in [6.45, 7) is 6.53. The number of carbonyl (C=O) groups excluding carboxylic acids is 1. The zero-order valence-corrected chi connectivity index (χ0v) is 11.7. The minimum atomic E-state index is -0.348. The Balaban J connectivity index is 2.76. The minimum absolute atomic E-state index is 0.00834. The molecule has 5 nitrogen and oxygen atoms in total. The molecule has 1 rings (SSSR count). The number of amides is 1. The molecule has 0 bridgehead atoms. The smallest absolute Gasteiger partial charge is 0.251 e. The van der Waals surface area contributed by atoms with Crippen molar-refractivity contribution in [2.75, 3.05) is 25.5 Å². The summed E-state index contributed by atoms with van der Waals surface area (Å²) in [5.74, 6) is 0.351. The van der Waals surface area contributed by atoms with E-state index in [2.05, 4.69) is 5.32 Å². The fraction of sp³-hybridized carbons (Fsp3) is 0.500. The van der Waals surface area contributed by atoms with Crippen molar-refractivity contribution in [3.05, 3.63) is 23.8 Å². The number of rotatable bonds is 6. The van der Waals surface area contributed by atoms with Crippen molar-refractivity contribution < 1.29 is 14.6 Å². The summed E-state index contributed by atoms with van der Waals surface area (Å²) >= 11 is 0. The van der Waals surface area contributed by atoms with Crippen LogP contribution in [-0.2, 0) is 0 Å². The molecule has 0 saturated carbocycles.